The van der Waals surface area contributed by atoms with Crippen LogP contribution in [0.3, 0.4) is 0 Å². The SMILES string of the molecule is CCCCC(C)OCC#N. The summed E-state index contributed by atoms with van der Waals surface area (Å²) in [4.78, 5) is 0. The largest absolute Gasteiger partial charge is 0.364 e. The Morgan fingerprint density at radius 2 is 2.30 bits per heavy atom. The van der Waals surface area contributed by atoms with Gasteiger partial charge in [0, 0.05) is 0 Å². The molecule has 0 spiro atoms. The molecule has 58 valence electrons. The van der Waals surface area contributed by atoms with E-state index in [9.17, 15) is 0 Å². The van der Waals surface area contributed by atoms with Crippen molar-refractivity contribution >= 4 is 0 Å². The predicted molar refractivity (Wildman–Crippen MR) is 40.6 cm³/mol. The van der Waals surface area contributed by atoms with Crippen molar-refractivity contribution in [2.24, 2.45) is 0 Å². The Hall–Kier alpha value is -0.550. The zero-order valence-corrected chi connectivity index (χ0v) is 6.76. The Balaban J connectivity index is 3.10. The van der Waals surface area contributed by atoms with E-state index in [2.05, 4.69) is 6.92 Å². The first-order chi connectivity index (χ1) is 4.81. The minimum Gasteiger partial charge on any atom is -0.364 e. The number of rotatable bonds is 5. The van der Waals surface area contributed by atoms with Crippen molar-refractivity contribution in [3.63, 3.8) is 0 Å². The summed E-state index contributed by atoms with van der Waals surface area (Å²) in [6, 6.07) is 1.95. The van der Waals surface area contributed by atoms with Crippen molar-refractivity contribution in [1.29, 1.82) is 5.26 Å². The van der Waals surface area contributed by atoms with Crippen LogP contribution in [0.25, 0.3) is 0 Å². The minimum absolute atomic E-state index is 0.227. The highest BCUT2D eigenvalue weighted by molar-refractivity contribution is 4.67. The molecule has 2 heteroatoms. The molecule has 10 heavy (non-hydrogen) atoms. The molecule has 0 aliphatic rings. The van der Waals surface area contributed by atoms with Gasteiger partial charge < -0.3 is 4.74 Å². The molecule has 0 radical (unpaired) electrons. The molecule has 0 bridgehead atoms. The molecule has 1 unspecified atom stereocenters. The summed E-state index contributed by atoms with van der Waals surface area (Å²) in [5.74, 6) is 0. The van der Waals surface area contributed by atoms with Gasteiger partial charge in [0.25, 0.3) is 0 Å². The molecular weight excluding hydrogens is 126 g/mol. The molecule has 0 saturated carbocycles. The van der Waals surface area contributed by atoms with Crippen molar-refractivity contribution in [2.75, 3.05) is 6.61 Å². The van der Waals surface area contributed by atoms with Gasteiger partial charge >= 0.3 is 0 Å². The summed E-state index contributed by atoms with van der Waals surface area (Å²) in [5.41, 5.74) is 0. The first kappa shape index (κ1) is 9.45. The maximum absolute atomic E-state index is 8.17. The average Bonchev–Trinajstić information content (AvgIpc) is 1.97. The van der Waals surface area contributed by atoms with Crippen LogP contribution in [0.4, 0.5) is 0 Å². The molecule has 0 aliphatic heterocycles. The fourth-order valence-corrected chi connectivity index (χ4v) is 0.754. The van der Waals surface area contributed by atoms with Crippen LogP contribution in [0.2, 0.25) is 0 Å². The number of hydrogen-bond acceptors (Lipinski definition) is 2. The van der Waals surface area contributed by atoms with Gasteiger partial charge in [-0.2, -0.15) is 5.26 Å². The lowest BCUT2D eigenvalue weighted by atomic mass is 10.2. The second-order valence-electron chi connectivity index (χ2n) is 2.42. The number of nitriles is 1. The highest BCUT2D eigenvalue weighted by Gasteiger charge is 1.98. The molecule has 0 amide bonds. The first-order valence-electron chi connectivity index (χ1n) is 3.79. The fourth-order valence-electron chi connectivity index (χ4n) is 0.754. The van der Waals surface area contributed by atoms with Crippen LogP contribution in [-0.4, -0.2) is 12.7 Å². The van der Waals surface area contributed by atoms with Crippen molar-refractivity contribution in [2.45, 2.75) is 39.2 Å². The standard InChI is InChI=1S/C8H15NO/c1-3-4-5-8(2)10-7-6-9/h8H,3-5,7H2,1-2H3. The lowest BCUT2D eigenvalue weighted by Gasteiger charge is -2.08. The Bertz CT molecular complexity index is 106. The quantitative estimate of drug-likeness (QED) is 0.587. The Morgan fingerprint density at radius 1 is 1.60 bits per heavy atom. The number of hydrogen-bond donors (Lipinski definition) is 0. The third-order valence-corrected chi connectivity index (χ3v) is 1.40. The molecule has 2 nitrogen and oxygen atoms in total. The molecule has 0 saturated heterocycles. The third-order valence-electron chi connectivity index (χ3n) is 1.40. The first-order valence-corrected chi connectivity index (χ1v) is 3.79. The summed E-state index contributed by atoms with van der Waals surface area (Å²) in [7, 11) is 0. The lowest BCUT2D eigenvalue weighted by molar-refractivity contribution is 0.0830. The fraction of sp³-hybridized carbons (Fsp3) is 0.875. The van der Waals surface area contributed by atoms with Crippen LogP contribution in [0.5, 0.6) is 0 Å². The van der Waals surface area contributed by atoms with Gasteiger partial charge in [0.2, 0.25) is 0 Å². The van der Waals surface area contributed by atoms with Crippen molar-refractivity contribution < 1.29 is 4.74 Å². The zero-order chi connectivity index (χ0) is 7.82. The van der Waals surface area contributed by atoms with Gasteiger partial charge in [-0.1, -0.05) is 19.8 Å². The van der Waals surface area contributed by atoms with E-state index >= 15 is 0 Å². The van der Waals surface area contributed by atoms with Gasteiger partial charge in [-0.25, -0.2) is 0 Å². The smallest absolute Gasteiger partial charge is 0.134 e. The van der Waals surface area contributed by atoms with Crippen LogP contribution in [0.15, 0.2) is 0 Å². The molecule has 0 aliphatic carbocycles. The summed E-state index contributed by atoms with van der Waals surface area (Å²) >= 11 is 0. The van der Waals surface area contributed by atoms with Gasteiger partial charge in [0.15, 0.2) is 0 Å². The minimum atomic E-state index is 0.227. The van der Waals surface area contributed by atoms with Gasteiger partial charge in [0.05, 0.1) is 12.2 Å². The Kier molecular flexibility index (Phi) is 6.21. The van der Waals surface area contributed by atoms with Gasteiger partial charge in [0.1, 0.15) is 6.61 Å². The highest BCUT2D eigenvalue weighted by Crippen LogP contribution is 2.02. The topological polar surface area (TPSA) is 33.0 Å². The second kappa shape index (κ2) is 6.57. The van der Waals surface area contributed by atoms with Crippen LogP contribution >= 0.6 is 0 Å². The van der Waals surface area contributed by atoms with E-state index in [1.165, 1.54) is 12.8 Å². The predicted octanol–water partition coefficient (Wildman–Crippen LogP) is 2.11. The van der Waals surface area contributed by atoms with Crippen molar-refractivity contribution in [1.82, 2.24) is 0 Å². The van der Waals surface area contributed by atoms with Crippen LogP contribution in [0, 0.1) is 11.3 Å². The number of nitrogens with zero attached hydrogens (tertiary/aromatic N) is 1. The van der Waals surface area contributed by atoms with Gasteiger partial charge in [-0.3, -0.25) is 0 Å². The zero-order valence-electron chi connectivity index (χ0n) is 6.76. The van der Waals surface area contributed by atoms with Crippen LogP contribution in [-0.2, 0) is 4.74 Å². The molecule has 0 aromatic carbocycles. The molecule has 0 aromatic rings. The molecule has 0 fully saturated rings. The molecule has 1 atom stereocenters. The van der Waals surface area contributed by atoms with E-state index in [0.29, 0.717) is 0 Å². The van der Waals surface area contributed by atoms with E-state index < -0.39 is 0 Å². The number of ether oxygens (including phenoxy) is 1. The highest BCUT2D eigenvalue weighted by atomic mass is 16.5. The summed E-state index contributed by atoms with van der Waals surface area (Å²) < 4.78 is 5.13. The molecule has 0 N–H and O–H groups in total. The van der Waals surface area contributed by atoms with Crippen molar-refractivity contribution in [3.8, 4) is 6.07 Å². The normalized spacial score (nSPS) is 12.5. The third kappa shape index (κ3) is 5.58. The molecular formula is C8H15NO. The van der Waals surface area contributed by atoms with E-state index in [-0.39, 0.29) is 12.7 Å². The summed E-state index contributed by atoms with van der Waals surface area (Å²) in [5, 5.41) is 8.17. The molecule has 0 rings (SSSR count). The van der Waals surface area contributed by atoms with E-state index in [0.717, 1.165) is 6.42 Å². The van der Waals surface area contributed by atoms with Gasteiger partial charge in [-0.15, -0.1) is 0 Å². The Morgan fingerprint density at radius 3 is 2.80 bits per heavy atom. The molecule has 0 aromatic heterocycles. The maximum atomic E-state index is 8.17. The molecule has 0 heterocycles. The Labute approximate surface area is 62.8 Å². The van der Waals surface area contributed by atoms with Crippen LogP contribution < -0.4 is 0 Å². The van der Waals surface area contributed by atoms with Gasteiger partial charge in [-0.05, 0) is 13.3 Å². The van der Waals surface area contributed by atoms with E-state index in [1.807, 2.05) is 13.0 Å². The number of unbranched alkanes of at least 4 members (excludes halogenated alkanes) is 1. The maximum Gasteiger partial charge on any atom is 0.134 e. The monoisotopic (exact) mass is 141 g/mol. The lowest BCUT2D eigenvalue weighted by Crippen LogP contribution is -2.07. The van der Waals surface area contributed by atoms with E-state index in [4.69, 9.17) is 10.00 Å². The van der Waals surface area contributed by atoms with Crippen LogP contribution in [0.1, 0.15) is 33.1 Å². The summed E-state index contributed by atoms with van der Waals surface area (Å²) in [6.07, 6.45) is 3.70. The van der Waals surface area contributed by atoms with E-state index in [1.54, 1.807) is 0 Å². The van der Waals surface area contributed by atoms with Crippen molar-refractivity contribution in [3.05, 3.63) is 0 Å². The second-order valence-corrected chi connectivity index (χ2v) is 2.42. The summed E-state index contributed by atoms with van der Waals surface area (Å²) in [6.45, 7) is 4.38. The average molecular weight is 141 g/mol.